The molecule has 0 radical (unpaired) electrons. The highest BCUT2D eigenvalue weighted by molar-refractivity contribution is 6.02. The highest BCUT2D eigenvalue weighted by Gasteiger charge is 2.48. The van der Waals surface area contributed by atoms with E-state index in [1.807, 2.05) is 12.1 Å². The Hall–Kier alpha value is -3.35. The van der Waals surface area contributed by atoms with Gasteiger partial charge in [0.25, 0.3) is 0 Å². The maximum atomic E-state index is 14.0. The third-order valence-electron chi connectivity index (χ3n) is 9.39. The van der Waals surface area contributed by atoms with Crippen LogP contribution in [0.5, 0.6) is 0 Å². The van der Waals surface area contributed by atoms with Gasteiger partial charge in [-0.3, -0.25) is 14.1 Å². The van der Waals surface area contributed by atoms with E-state index in [4.69, 9.17) is 9.47 Å². The molecule has 1 unspecified atom stereocenters. The van der Waals surface area contributed by atoms with Gasteiger partial charge in [-0.2, -0.15) is 13.2 Å². The number of imidazole rings is 1. The highest BCUT2D eigenvalue weighted by Crippen LogP contribution is 2.52. The van der Waals surface area contributed by atoms with Crippen LogP contribution >= 0.6 is 0 Å². The molecule has 4 heterocycles. The molecule has 1 aromatic carbocycles. The van der Waals surface area contributed by atoms with Gasteiger partial charge in [-0.1, -0.05) is 12.1 Å². The summed E-state index contributed by atoms with van der Waals surface area (Å²) in [6.07, 6.45) is -0.0889. The first-order valence-corrected chi connectivity index (χ1v) is 14.4. The second kappa shape index (κ2) is 10.1. The molecule has 0 N–H and O–H groups in total. The summed E-state index contributed by atoms with van der Waals surface area (Å²) in [4.78, 5) is 19.6. The van der Waals surface area contributed by atoms with Crippen molar-refractivity contribution in [1.29, 1.82) is 0 Å². The molecule has 3 aromatic heterocycles. The van der Waals surface area contributed by atoms with Gasteiger partial charge in [0.15, 0.2) is 11.8 Å². The smallest absolute Gasteiger partial charge is 0.381 e. The number of fused-ring (bicyclic) bond motifs is 3. The fourth-order valence-electron chi connectivity index (χ4n) is 6.53. The monoisotopic (exact) mass is 582 g/mol. The van der Waals surface area contributed by atoms with Gasteiger partial charge in [-0.15, -0.1) is 10.2 Å². The zero-order valence-electron chi connectivity index (χ0n) is 23.6. The lowest BCUT2D eigenvalue weighted by Crippen LogP contribution is -2.37. The molecule has 1 spiro atoms. The summed E-state index contributed by atoms with van der Waals surface area (Å²) in [6.45, 7) is 2.36. The van der Waals surface area contributed by atoms with Crippen molar-refractivity contribution in [3.05, 3.63) is 52.7 Å². The predicted molar refractivity (Wildman–Crippen MR) is 150 cm³/mol. The van der Waals surface area contributed by atoms with Crippen LogP contribution in [0.4, 0.5) is 13.2 Å². The molecule has 0 bridgehead atoms. The molecule has 42 heavy (non-hydrogen) atoms. The molecule has 7 rings (SSSR count). The van der Waals surface area contributed by atoms with Gasteiger partial charge >= 0.3 is 11.9 Å². The zero-order valence-corrected chi connectivity index (χ0v) is 23.6. The fourth-order valence-corrected chi connectivity index (χ4v) is 6.53. The first-order valence-electron chi connectivity index (χ1n) is 14.4. The van der Waals surface area contributed by atoms with E-state index in [0.717, 1.165) is 43.3 Å². The number of nitrogens with zero attached hydrogens (tertiary/aromatic N) is 6. The van der Waals surface area contributed by atoms with Crippen LogP contribution in [0.25, 0.3) is 33.2 Å². The topological polar surface area (TPSA) is 87.3 Å². The standard InChI is InChI=1S/C30H33F3N6O3/c1-37-27-25(39(28(37)40)20-14-21(15-20)41-2)22-13-18(3-5-23(22)35-36-27)19-4-6-24(34-16-19)26(30(31,32)33)42-12-11-38-10-9-29(17-38)7-8-29/h3-6,13,16,20-21,26H,7-12,14-15,17H2,1-2H3. The summed E-state index contributed by atoms with van der Waals surface area (Å²) in [5, 5.41) is 9.37. The van der Waals surface area contributed by atoms with Crippen LogP contribution in [0.3, 0.4) is 0 Å². The summed E-state index contributed by atoms with van der Waals surface area (Å²) >= 11 is 0. The molecule has 1 saturated heterocycles. The molecule has 3 fully saturated rings. The van der Waals surface area contributed by atoms with Gasteiger partial charge in [0.05, 0.1) is 23.9 Å². The van der Waals surface area contributed by atoms with Crippen molar-refractivity contribution in [1.82, 2.24) is 29.2 Å². The molecule has 2 saturated carbocycles. The summed E-state index contributed by atoms with van der Waals surface area (Å²) in [7, 11) is 3.34. The van der Waals surface area contributed by atoms with E-state index in [9.17, 15) is 18.0 Å². The SMILES string of the molecule is COC1CC(n2c(=O)n(C)c3nnc4ccc(-c5ccc(C(OCCN6CCC7(CC7)C6)C(F)(F)F)nc5)cc4c32)C1. The van der Waals surface area contributed by atoms with E-state index in [1.165, 1.54) is 29.7 Å². The number of hydrogen-bond acceptors (Lipinski definition) is 7. The van der Waals surface area contributed by atoms with Gasteiger partial charge < -0.3 is 14.4 Å². The summed E-state index contributed by atoms with van der Waals surface area (Å²) in [5.74, 6) is 0. The number of aryl methyl sites for hydroxylation is 1. The van der Waals surface area contributed by atoms with Crippen LogP contribution in [0.2, 0.25) is 0 Å². The number of hydrogen-bond donors (Lipinski definition) is 0. The number of benzene rings is 1. The fraction of sp³-hybridized carbons (Fsp3) is 0.533. The van der Waals surface area contributed by atoms with Gasteiger partial charge in [0.2, 0.25) is 0 Å². The maximum Gasteiger partial charge on any atom is 0.420 e. The van der Waals surface area contributed by atoms with E-state index in [2.05, 4.69) is 20.1 Å². The van der Waals surface area contributed by atoms with Gasteiger partial charge in [0.1, 0.15) is 5.52 Å². The minimum absolute atomic E-state index is 0.00367. The molecule has 3 aliphatic rings. The van der Waals surface area contributed by atoms with E-state index < -0.39 is 12.3 Å². The third-order valence-corrected chi connectivity index (χ3v) is 9.39. The number of aromatic nitrogens is 5. The highest BCUT2D eigenvalue weighted by atomic mass is 19.4. The molecule has 9 nitrogen and oxygen atoms in total. The lowest BCUT2D eigenvalue weighted by atomic mass is 9.89. The van der Waals surface area contributed by atoms with Crippen molar-refractivity contribution in [3.63, 3.8) is 0 Å². The molecule has 12 heteroatoms. The number of rotatable bonds is 8. The molecule has 4 aromatic rings. The number of likely N-dealkylation sites (tertiary alicyclic amines) is 1. The summed E-state index contributed by atoms with van der Waals surface area (Å²) in [6, 6.07) is 8.52. The largest absolute Gasteiger partial charge is 0.420 e. The maximum absolute atomic E-state index is 14.0. The normalized spacial score (nSPS) is 22.7. The van der Waals surface area contributed by atoms with Crippen LogP contribution in [0.15, 0.2) is 41.3 Å². The average molecular weight is 583 g/mol. The second-order valence-corrected chi connectivity index (χ2v) is 12.1. The summed E-state index contributed by atoms with van der Waals surface area (Å²) in [5.41, 5.74) is 3.26. The van der Waals surface area contributed by atoms with Crippen LogP contribution in [-0.4, -0.2) is 74.8 Å². The first-order chi connectivity index (χ1) is 20.2. The molecule has 222 valence electrons. The zero-order chi connectivity index (χ0) is 29.2. The second-order valence-electron chi connectivity index (χ2n) is 12.1. The molecular formula is C30H33F3N6O3. The van der Waals surface area contributed by atoms with Gasteiger partial charge in [-0.25, -0.2) is 4.79 Å². The number of alkyl halides is 3. The number of pyridine rings is 1. The Bertz CT molecular complexity index is 1690. The molecule has 1 atom stereocenters. The van der Waals surface area contributed by atoms with E-state index in [-0.39, 0.29) is 30.1 Å². The van der Waals surface area contributed by atoms with Gasteiger partial charge in [0, 0.05) is 50.4 Å². The Kier molecular flexibility index (Phi) is 6.63. The molecule has 2 aliphatic carbocycles. The van der Waals surface area contributed by atoms with Crippen molar-refractivity contribution >= 4 is 22.1 Å². The Balaban J connectivity index is 1.15. The molecule has 1 aliphatic heterocycles. The van der Waals surface area contributed by atoms with E-state index in [0.29, 0.717) is 34.2 Å². The Morgan fingerprint density at radius 1 is 1.10 bits per heavy atom. The van der Waals surface area contributed by atoms with Crippen molar-refractivity contribution < 1.29 is 22.6 Å². The summed E-state index contributed by atoms with van der Waals surface area (Å²) < 4.78 is 56.0. The van der Waals surface area contributed by atoms with Crippen molar-refractivity contribution in [2.24, 2.45) is 12.5 Å². The Morgan fingerprint density at radius 3 is 2.55 bits per heavy atom. The van der Waals surface area contributed by atoms with Crippen molar-refractivity contribution in [2.45, 2.75) is 56.5 Å². The van der Waals surface area contributed by atoms with Crippen LogP contribution in [-0.2, 0) is 16.5 Å². The minimum Gasteiger partial charge on any atom is -0.381 e. The van der Waals surface area contributed by atoms with Crippen LogP contribution in [0, 0.1) is 5.41 Å². The van der Waals surface area contributed by atoms with E-state index in [1.54, 1.807) is 30.9 Å². The van der Waals surface area contributed by atoms with Gasteiger partial charge in [-0.05, 0) is 67.8 Å². The number of methoxy groups -OCH3 is 1. The lowest BCUT2D eigenvalue weighted by molar-refractivity contribution is -0.225. The quantitative estimate of drug-likeness (QED) is 0.295. The van der Waals surface area contributed by atoms with Crippen molar-refractivity contribution in [3.8, 4) is 11.1 Å². The number of halogens is 3. The van der Waals surface area contributed by atoms with Crippen molar-refractivity contribution in [2.75, 3.05) is 33.4 Å². The molecule has 0 amide bonds. The third kappa shape index (κ3) is 4.79. The first kappa shape index (κ1) is 27.5. The lowest BCUT2D eigenvalue weighted by Gasteiger charge is -2.34. The van der Waals surface area contributed by atoms with E-state index >= 15 is 0 Å². The molecular weight excluding hydrogens is 549 g/mol. The average Bonchev–Trinajstić information content (AvgIpc) is 3.52. The predicted octanol–water partition coefficient (Wildman–Crippen LogP) is 4.80. The minimum atomic E-state index is -4.58. The number of ether oxygens (including phenoxy) is 2. The Labute approximate surface area is 240 Å². The van der Waals surface area contributed by atoms with Crippen LogP contribution < -0.4 is 5.69 Å². The van der Waals surface area contributed by atoms with Crippen LogP contribution in [0.1, 0.15) is 49.9 Å². The Morgan fingerprint density at radius 2 is 1.88 bits per heavy atom.